The zero-order valence-corrected chi connectivity index (χ0v) is 9.73. The van der Waals surface area contributed by atoms with Crippen molar-refractivity contribution in [2.45, 2.75) is 26.7 Å². The van der Waals surface area contributed by atoms with Crippen molar-refractivity contribution in [3.63, 3.8) is 0 Å². The Morgan fingerprint density at radius 3 is 2.47 bits per heavy atom. The summed E-state index contributed by atoms with van der Waals surface area (Å²) in [4.78, 5) is 11.9. The van der Waals surface area contributed by atoms with Crippen LogP contribution in [0.25, 0.3) is 0 Å². The van der Waals surface area contributed by atoms with E-state index in [1.807, 2.05) is 6.92 Å². The first-order chi connectivity index (χ1) is 6.69. The fourth-order valence-corrected chi connectivity index (χ4v) is 6.21. The SMILES string of the molecule is CC12CC3CC(=O)C1(CS(N)(=O)=O)C32C. The van der Waals surface area contributed by atoms with E-state index in [0.29, 0.717) is 12.3 Å². The van der Waals surface area contributed by atoms with Gasteiger partial charge in [0.15, 0.2) is 0 Å². The highest BCUT2D eigenvalue weighted by Gasteiger charge is 2.96. The smallest absolute Gasteiger partial charge is 0.210 e. The summed E-state index contributed by atoms with van der Waals surface area (Å²) in [5.74, 6) is 0.372. The maximum Gasteiger partial charge on any atom is 0.210 e. The Bertz CT molecular complexity index is 485. The van der Waals surface area contributed by atoms with Gasteiger partial charge in [-0.15, -0.1) is 0 Å². The Balaban J connectivity index is 2.09. The lowest BCUT2D eigenvalue weighted by atomic mass is 9.65. The quantitative estimate of drug-likeness (QED) is 0.738. The van der Waals surface area contributed by atoms with Gasteiger partial charge >= 0.3 is 0 Å². The number of carbonyl (C=O) groups is 1. The molecule has 0 bridgehead atoms. The molecule has 3 rings (SSSR count). The highest BCUT2D eigenvalue weighted by atomic mass is 32.2. The minimum absolute atomic E-state index is 0.0798. The molecule has 0 spiro atoms. The number of hydrogen-bond acceptors (Lipinski definition) is 3. The zero-order valence-electron chi connectivity index (χ0n) is 8.91. The summed E-state index contributed by atoms with van der Waals surface area (Å²) in [7, 11) is -3.56. The van der Waals surface area contributed by atoms with Gasteiger partial charge in [0, 0.05) is 6.42 Å². The first kappa shape index (κ1) is 9.78. The number of carbonyl (C=O) groups excluding carboxylic acids is 1. The Kier molecular flexibility index (Phi) is 1.32. The van der Waals surface area contributed by atoms with E-state index in [1.54, 1.807) is 0 Å². The molecule has 2 N–H and O–H groups in total. The van der Waals surface area contributed by atoms with Gasteiger partial charge in [-0.2, -0.15) is 0 Å². The molecule has 15 heavy (non-hydrogen) atoms. The molecular weight excluding hydrogens is 214 g/mol. The number of primary sulfonamides is 1. The highest BCUT2D eigenvalue weighted by Crippen LogP contribution is 2.95. The molecule has 0 radical (unpaired) electrons. The van der Waals surface area contributed by atoms with Crippen LogP contribution in [-0.4, -0.2) is 20.0 Å². The zero-order chi connectivity index (χ0) is 11.3. The molecule has 4 nitrogen and oxygen atoms in total. The van der Waals surface area contributed by atoms with Crippen molar-refractivity contribution in [2.75, 3.05) is 5.75 Å². The summed E-state index contributed by atoms with van der Waals surface area (Å²) >= 11 is 0. The van der Waals surface area contributed by atoms with Crippen LogP contribution in [0.3, 0.4) is 0 Å². The molecule has 3 saturated carbocycles. The molecule has 0 saturated heterocycles. The van der Waals surface area contributed by atoms with Gasteiger partial charge < -0.3 is 0 Å². The predicted molar refractivity (Wildman–Crippen MR) is 54.4 cm³/mol. The first-order valence-corrected chi connectivity index (χ1v) is 6.94. The van der Waals surface area contributed by atoms with Gasteiger partial charge in [0.05, 0.1) is 11.2 Å². The van der Waals surface area contributed by atoms with Crippen LogP contribution < -0.4 is 5.14 Å². The van der Waals surface area contributed by atoms with Gasteiger partial charge in [0.1, 0.15) is 5.78 Å². The van der Waals surface area contributed by atoms with Crippen LogP contribution in [0.4, 0.5) is 0 Å². The summed E-state index contributed by atoms with van der Waals surface area (Å²) in [6.45, 7) is 4.09. The van der Waals surface area contributed by atoms with Crippen LogP contribution in [0.1, 0.15) is 26.7 Å². The Morgan fingerprint density at radius 2 is 2.07 bits per heavy atom. The van der Waals surface area contributed by atoms with Crippen molar-refractivity contribution in [1.82, 2.24) is 0 Å². The summed E-state index contributed by atoms with van der Waals surface area (Å²) in [6.07, 6.45) is 1.55. The topological polar surface area (TPSA) is 77.2 Å². The third-order valence-corrected chi connectivity index (χ3v) is 6.54. The average Bonchev–Trinajstić information content (AvgIpc) is 2.25. The number of Topliss-reactive ketones (excluding diaryl/α,β-unsaturated/α-hetero) is 1. The lowest BCUT2D eigenvalue weighted by Gasteiger charge is -2.39. The van der Waals surface area contributed by atoms with E-state index in [-0.39, 0.29) is 22.4 Å². The monoisotopic (exact) mass is 229 g/mol. The van der Waals surface area contributed by atoms with Crippen molar-refractivity contribution in [3.05, 3.63) is 0 Å². The Hall–Kier alpha value is -0.420. The number of rotatable bonds is 2. The summed E-state index contributed by atoms with van der Waals surface area (Å²) in [6, 6.07) is 0. The molecule has 0 aromatic carbocycles. The van der Waals surface area contributed by atoms with Gasteiger partial charge in [0.2, 0.25) is 10.0 Å². The molecule has 84 valence electrons. The van der Waals surface area contributed by atoms with E-state index < -0.39 is 15.4 Å². The Morgan fingerprint density at radius 1 is 1.47 bits per heavy atom. The second kappa shape index (κ2) is 2.02. The van der Waals surface area contributed by atoms with Crippen LogP contribution >= 0.6 is 0 Å². The molecule has 4 unspecified atom stereocenters. The standard InChI is InChI=1S/C10H15NO3S/c1-8-4-6-3-7(12)10(8,9(6,8)2)5-15(11,13)14/h6H,3-5H2,1-2H3,(H2,11,13,14). The average molecular weight is 229 g/mol. The number of nitrogens with two attached hydrogens (primary N) is 1. The fraction of sp³-hybridized carbons (Fsp3) is 0.900. The number of hydrogen-bond donors (Lipinski definition) is 1. The maximum atomic E-state index is 11.9. The van der Waals surface area contributed by atoms with Crippen LogP contribution in [0.5, 0.6) is 0 Å². The van der Waals surface area contributed by atoms with E-state index in [0.717, 1.165) is 6.42 Å². The molecule has 5 heteroatoms. The van der Waals surface area contributed by atoms with Crippen molar-refractivity contribution in [1.29, 1.82) is 0 Å². The second-order valence-electron chi connectivity index (χ2n) is 5.78. The van der Waals surface area contributed by atoms with Crippen molar-refractivity contribution in [3.8, 4) is 0 Å². The normalized spacial score (nSPS) is 56.2. The highest BCUT2D eigenvalue weighted by molar-refractivity contribution is 7.89. The maximum absolute atomic E-state index is 11.9. The number of ketones is 1. The van der Waals surface area contributed by atoms with E-state index in [4.69, 9.17) is 5.14 Å². The van der Waals surface area contributed by atoms with Gasteiger partial charge in [-0.3, -0.25) is 4.79 Å². The third kappa shape index (κ3) is 0.684. The van der Waals surface area contributed by atoms with Gasteiger partial charge in [-0.1, -0.05) is 13.8 Å². The number of fused-ring (bicyclic) bond motifs is 1. The fourth-order valence-electron chi connectivity index (χ4n) is 4.83. The Labute approximate surface area is 89.3 Å². The molecule has 3 aliphatic rings. The van der Waals surface area contributed by atoms with Crippen molar-refractivity contribution < 1.29 is 13.2 Å². The molecular formula is C10H15NO3S. The predicted octanol–water partition coefficient (Wildman–Crippen LogP) is 0.280. The van der Waals surface area contributed by atoms with E-state index in [2.05, 4.69) is 6.92 Å². The third-order valence-electron chi connectivity index (χ3n) is 5.71. The van der Waals surface area contributed by atoms with Gasteiger partial charge in [0.25, 0.3) is 0 Å². The molecule has 0 aliphatic heterocycles. The van der Waals surface area contributed by atoms with Crippen molar-refractivity contribution in [2.24, 2.45) is 27.3 Å². The number of sulfonamides is 1. The lowest BCUT2D eigenvalue weighted by Crippen LogP contribution is -2.37. The molecule has 4 atom stereocenters. The van der Waals surface area contributed by atoms with Crippen LogP contribution in [0.15, 0.2) is 0 Å². The lowest BCUT2D eigenvalue weighted by molar-refractivity contribution is -0.125. The van der Waals surface area contributed by atoms with E-state index in [1.165, 1.54) is 0 Å². The molecule has 0 heterocycles. The molecule has 3 aliphatic carbocycles. The van der Waals surface area contributed by atoms with Gasteiger partial charge in [-0.05, 0) is 23.2 Å². The summed E-state index contributed by atoms with van der Waals surface area (Å²) in [5.41, 5.74) is -0.811. The largest absolute Gasteiger partial charge is 0.299 e. The molecule has 0 amide bonds. The van der Waals surface area contributed by atoms with Crippen molar-refractivity contribution >= 4 is 15.8 Å². The molecule has 0 aromatic rings. The first-order valence-electron chi connectivity index (χ1n) is 5.23. The summed E-state index contributed by atoms with van der Waals surface area (Å²) < 4.78 is 22.5. The minimum atomic E-state index is -3.56. The molecule has 0 aromatic heterocycles. The van der Waals surface area contributed by atoms with Crippen LogP contribution in [0.2, 0.25) is 0 Å². The van der Waals surface area contributed by atoms with E-state index in [9.17, 15) is 13.2 Å². The minimum Gasteiger partial charge on any atom is -0.299 e. The molecule has 3 fully saturated rings. The van der Waals surface area contributed by atoms with Crippen LogP contribution in [0, 0.1) is 22.2 Å². The van der Waals surface area contributed by atoms with E-state index >= 15 is 0 Å². The second-order valence-corrected chi connectivity index (χ2v) is 7.39. The summed E-state index contributed by atoms with van der Waals surface area (Å²) in [5, 5.41) is 5.11. The van der Waals surface area contributed by atoms with Gasteiger partial charge in [-0.25, -0.2) is 13.6 Å². The van der Waals surface area contributed by atoms with Crippen LogP contribution in [-0.2, 0) is 14.8 Å².